The number of fused-ring (bicyclic) bond motifs is 2. The normalized spacial score (nSPS) is 26.5. The summed E-state index contributed by atoms with van der Waals surface area (Å²) in [5.74, 6) is 1.83. The number of nitrogens with zero attached hydrogens (tertiary/aromatic N) is 3. The molecule has 0 amide bonds. The molecule has 0 aromatic carbocycles. The summed E-state index contributed by atoms with van der Waals surface area (Å²) < 4.78 is 7.78. The number of aromatic nitrogens is 2. The number of nitrogens with one attached hydrogen (secondary N) is 1. The maximum absolute atomic E-state index is 5.66. The van der Waals surface area contributed by atoms with E-state index in [0.29, 0.717) is 12.0 Å². The molecule has 5 nitrogen and oxygen atoms in total. The zero-order valence-electron chi connectivity index (χ0n) is 11.4. The van der Waals surface area contributed by atoms with Crippen LogP contribution in [0.25, 0.3) is 0 Å². The highest BCUT2D eigenvalue weighted by Gasteiger charge is 2.38. The second-order valence-electron chi connectivity index (χ2n) is 5.13. The highest BCUT2D eigenvalue weighted by atomic mass is 16.5. The molecule has 5 heteroatoms. The Bertz CT molecular complexity index is 442. The van der Waals surface area contributed by atoms with Gasteiger partial charge in [-0.3, -0.25) is 0 Å². The molecular weight excluding hydrogens is 228 g/mol. The summed E-state index contributed by atoms with van der Waals surface area (Å²) in [4.78, 5) is 2.47. The Morgan fingerprint density at radius 3 is 2.89 bits per heavy atom. The Morgan fingerprint density at radius 2 is 2.17 bits per heavy atom. The predicted molar refractivity (Wildman–Crippen MR) is 72.2 cm³/mol. The van der Waals surface area contributed by atoms with Gasteiger partial charge in [0.05, 0.1) is 24.9 Å². The quantitative estimate of drug-likeness (QED) is 0.863. The van der Waals surface area contributed by atoms with Gasteiger partial charge in [0.2, 0.25) is 0 Å². The monoisotopic (exact) mass is 250 g/mol. The molecule has 2 atom stereocenters. The highest BCUT2D eigenvalue weighted by Crippen LogP contribution is 2.36. The van der Waals surface area contributed by atoms with E-state index in [1.165, 1.54) is 11.5 Å². The molecular formula is C13H22N4O. The minimum absolute atomic E-state index is 0.491. The van der Waals surface area contributed by atoms with Crippen molar-refractivity contribution in [3.05, 3.63) is 5.69 Å². The fraction of sp³-hybridized carbons (Fsp3) is 0.769. The van der Waals surface area contributed by atoms with Crippen LogP contribution in [0.5, 0.6) is 0 Å². The molecule has 0 bridgehead atoms. The van der Waals surface area contributed by atoms with Crippen molar-refractivity contribution in [3.63, 3.8) is 0 Å². The lowest BCUT2D eigenvalue weighted by Crippen LogP contribution is -2.41. The number of anilines is 2. The largest absolute Gasteiger partial charge is 0.380 e. The molecule has 2 unspecified atom stereocenters. The summed E-state index contributed by atoms with van der Waals surface area (Å²) in [6.07, 6.45) is 0. The van der Waals surface area contributed by atoms with Crippen LogP contribution in [-0.2, 0) is 11.3 Å². The van der Waals surface area contributed by atoms with Crippen molar-refractivity contribution >= 4 is 11.5 Å². The Morgan fingerprint density at radius 1 is 1.33 bits per heavy atom. The fourth-order valence-electron chi connectivity index (χ4n) is 3.19. The molecule has 0 aliphatic carbocycles. The van der Waals surface area contributed by atoms with Crippen molar-refractivity contribution in [1.29, 1.82) is 0 Å². The molecule has 1 aromatic rings. The summed E-state index contributed by atoms with van der Waals surface area (Å²) in [6.45, 7) is 11.1. The van der Waals surface area contributed by atoms with E-state index in [1.807, 2.05) is 0 Å². The molecule has 0 saturated carbocycles. The van der Waals surface area contributed by atoms with Crippen molar-refractivity contribution in [2.45, 2.75) is 33.4 Å². The standard InChI is InChI=1S/C13H22N4O/c1-4-16-11-8-18-7-10(11)6-14-12-9(3)15-17(5-2)13(12)16/h10-11,14H,4-8H2,1-3H3. The number of aryl methyl sites for hydroxylation is 2. The number of likely N-dealkylation sites (N-methyl/N-ethyl adjacent to an activating group) is 1. The minimum atomic E-state index is 0.491. The Balaban J connectivity index is 2.08. The molecule has 2 aliphatic heterocycles. The van der Waals surface area contributed by atoms with Gasteiger partial charge in [0, 0.05) is 25.6 Å². The summed E-state index contributed by atoms with van der Waals surface area (Å²) in [6, 6.07) is 0.491. The van der Waals surface area contributed by atoms with Crippen LogP contribution < -0.4 is 10.2 Å². The zero-order valence-corrected chi connectivity index (χ0v) is 11.4. The van der Waals surface area contributed by atoms with Gasteiger partial charge < -0.3 is 15.0 Å². The maximum atomic E-state index is 5.66. The molecule has 0 radical (unpaired) electrons. The van der Waals surface area contributed by atoms with Crippen LogP contribution in [-0.4, -0.2) is 42.1 Å². The highest BCUT2D eigenvalue weighted by molar-refractivity contribution is 5.70. The first kappa shape index (κ1) is 11.8. The molecule has 2 aliphatic rings. The molecule has 1 fully saturated rings. The third kappa shape index (κ3) is 1.61. The van der Waals surface area contributed by atoms with Crippen LogP contribution in [0.4, 0.5) is 11.5 Å². The summed E-state index contributed by atoms with van der Waals surface area (Å²) >= 11 is 0. The molecule has 18 heavy (non-hydrogen) atoms. The Labute approximate surface area is 108 Å². The van der Waals surface area contributed by atoms with Crippen LogP contribution in [0.3, 0.4) is 0 Å². The van der Waals surface area contributed by atoms with Crippen molar-refractivity contribution in [3.8, 4) is 0 Å². The number of hydrogen-bond acceptors (Lipinski definition) is 4. The van der Waals surface area contributed by atoms with Gasteiger partial charge in [-0.2, -0.15) is 5.10 Å². The molecule has 0 spiro atoms. The van der Waals surface area contributed by atoms with E-state index in [2.05, 4.69) is 40.8 Å². The average molecular weight is 250 g/mol. The zero-order chi connectivity index (χ0) is 12.7. The second-order valence-corrected chi connectivity index (χ2v) is 5.13. The van der Waals surface area contributed by atoms with Crippen LogP contribution >= 0.6 is 0 Å². The third-order valence-electron chi connectivity index (χ3n) is 4.12. The van der Waals surface area contributed by atoms with Gasteiger partial charge in [-0.15, -0.1) is 0 Å². The Kier molecular flexibility index (Phi) is 2.93. The van der Waals surface area contributed by atoms with E-state index < -0.39 is 0 Å². The predicted octanol–water partition coefficient (Wildman–Crippen LogP) is 1.48. The van der Waals surface area contributed by atoms with E-state index in [-0.39, 0.29) is 0 Å². The van der Waals surface area contributed by atoms with E-state index in [1.54, 1.807) is 0 Å². The summed E-state index contributed by atoms with van der Waals surface area (Å²) in [5, 5.41) is 8.22. The topological polar surface area (TPSA) is 42.3 Å². The lowest BCUT2D eigenvalue weighted by Gasteiger charge is -2.30. The van der Waals surface area contributed by atoms with Crippen LogP contribution in [0.1, 0.15) is 19.5 Å². The van der Waals surface area contributed by atoms with Gasteiger partial charge >= 0.3 is 0 Å². The molecule has 1 aromatic heterocycles. The number of hydrogen-bond donors (Lipinski definition) is 1. The third-order valence-corrected chi connectivity index (χ3v) is 4.12. The van der Waals surface area contributed by atoms with Crippen molar-refractivity contribution in [2.24, 2.45) is 5.92 Å². The van der Waals surface area contributed by atoms with Crippen LogP contribution in [0.15, 0.2) is 0 Å². The van der Waals surface area contributed by atoms with Crippen LogP contribution in [0.2, 0.25) is 0 Å². The smallest absolute Gasteiger partial charge is 0.151 e. The first-order valence-electron chi connectivity index (χ1n) is 6.91. The van der Waals surface area contributed by atoms with Gasteiger partial charge in [0.25, 0.3) is 0 Å². The van der Waals surface area contributed by atoms with E-state index in [9.17, 15) is 0 Å². The van der Waals surface area contributed by atoms with E-state index >= 15 is 0 Å². The van der Waals surface area contributed by atoms with Crippen molar-refractivity contribution < 1.29 is 4.74 Å². The maximum Gasteiger partial charge on any atom is 0.151 e. The van der Waals surface area contributed by atoms with E-state index in [0.717, 1.165) is 38.5 Å². The summed E-state index contributed by atoms with van der Waals surface area (Å²) in [5.41, 5.74) is 2.32. The average Bonchev–Trinajstić information content (AvgIpc) is 2.91. The molecule has 100 valence electrons. The first-order chi connectivity index (χ1) is 8.76. The van der Waals surface area contributed by atoms with Gasteiger partial charge in [-0.25, -0.2) is 4.68 Å². The minimum Gasteiger partial charge on any atom is -0.380 e. The fourth-order valence-corrected chi connectivity index (χ4v) is 3.19. The lowest BCUT2D eigenvalue weighted by atomic mass is 10.0. The van der Waals surface area contributed by atoms with E-state index in [4.69, 9.17) is 4.74 Å². The van der Waals surface area contributed by atoms with Gasteiger partial charge in [-0.05, 0) is 20.8 Å². The number of rotatable bonds is 2. The van der Waals surface area contributed by atoms with Crippen molar-refractivity contribution in [1.82, 2.24) is 9.78 Å². The molecule has 1 saturated heterocycles. The molecule has 1 N–H and O–H groups in total. The van der Waals surface area contributed by atoms with Crippen LogP contribution in [0, 0.1) is 12.8 Å². The van der Waals surface area contributed by atoms with Crippen molar-refractivity contribution in [2.75, 3.05) is 36.5 Å². The molecule has 3 rings (SSSR count). The molecule has 3 heterocycles. The summed E-state index contributed by atoms with van der Waals surface area (Å²) in [7, 11) is 0. The first-order valence-corrected chi connectivity index (χ1v) is 6.91. The SMILES string of the molecule is CCN1c2c(c(C)nn2CC)NCC2COCC21. The van der Waals surface area contributed by atoms with Gasteiger partial charge in [-0.1, -0.05) is 0 Å². The second kappa shape index (κ2) is 4.46. The van der Waals surface area contributed by atoms with Gasteiger partial charge in [0.1, 0.15) is 5.69 Å². The van der Waals surface area contributed by atoms with Gasteiger partial charge in [0.15, 0.2) is 5.82 Å². The Hall–Kier alpha value is -1.23. The lowest BCUT2D eigenvalue weighted by molar-refractivity contribution is 0.185. The number of ether oxygens (including phenoxy) is 1.